The molecular weight excluding hydrogens is 440 g/mol. The van der Waals surface area contributed by atoms with E-state index in [1.165, 1.54) is 50.6 Å². The molecule has 0 aliphatic carbocycles. The number of nitrogens with zero attached hydrogens (tertiary/aromatic N) is 2. The monoisotopic (exact) mass is 458 g/mol. The van der Waals surface area contributed by atoms with Crippen molar-refractivity contribution in [1.82, 2.24) is 0 Å². The summed E-state index contributed by atoms with van der Waals surface area (Å²) in [7, 11) is 3.96. The Balaban J connectivity index is 2.08. The van der Waals surface area contributed by atoms with Gasteiger partial charge in [-0.2, -0.15) is 0 Å². The molecule has 0 atom stereocenters. The van der Waals surface area contributed by atoms with Crippen LogP contribution in [0.1, 0.15) is 5.56 Å². The minimum Gasteiger partial charge on any atom is -0.506 e. The average Bonchev–Trinajstić information content (AvgIpc) is 3.07. The number of phenols is 1. The van der Waals surface area contributed by atoms with Crippen molar-refractivity contribution >= 4 is 40.2 Å². The molecule has 1 aliphatic heterocycles. The van der Waals surface area contributed by atoms with Crippen LogP contribution < -0.4 is 9.47 Å². The molecule has 1 heterocycles. The van der Waals surface area contributed by atoms with Crippen molar-refractivity contribution in [2.75, 3.05) is 21.3 Å². The topological polar surface area (TPSA) is 141 Å². The number of non-ortho nitro benzene ring substituents is 1. The van der Waals surface area contributed by atoms with Gasteiger partial charge in [0, 0.05) is 12.1 Å². The Morgan fingerprint density at radius 3 is 2.53 bits per heavy atom. The highest BCUT2D eigenvalue weighted by molar-refractivity contribution is 8.18. The number of phenolic OH excluding ortho intramolecular Hbond substituents is 1. The fourth-order valence-electron chi connectivity index (χ4n) is 2.88. The van der Waals surface area contributed by atoms with Gasteiger partial charge >= 0.3 is 5.97 Å². The molecule has 0 fully saturated rings. The van der Waals surface area contributed by atoms with E-state index in [4.69, 9.17) is 14.2 Å². The number of aliphatic hydroxyl groups excluding tert-OH is 1. The lowest BCUT2D eigenvalue weighted by atomic mass is 10.1. The number of ether oxygens (including phenoxy) is 3. The quantitative estimate of drug-likeness (QED) is 0.371. The van der Waals surface area contributed by atoms with Crippen molar-refractivity contribution in [3.05, 3.63) is 68.3 Å². The molecule has 2 N–H and O–H groups in total. The Labute approximate surface area is 186 Å². The maximum absolute atomic E-state index is 12.3. The number of hydrogen-bond acceptors (Lipinski definition) is 10. The van der Waals surface area contributed by atoms with Crippen LogP contribution >= 0.6 is 11.8 Å². The lowest BCUT2D eigenvalue weighted by Crippen LogP contribution is -2.10. The SMILES string of the molecule is COC(=O)C1=C(O)/C(=C\c2cc(O)c(OC)c(OC)c2)SC1=Nc1cccc([N+](=O)[O-])c1. The fourth-order valence-corrected chi connectivity index (χ4v) is 3.92. The largest absolute Gasteiger partial charge is 0.506 e. The Kier molecular flexibility index (Phi) is 6.69. The second-order valence-electron chi connectivity index (χ2n) is 6.30. The Morgan fingerprint density at radius 1 is 1.16 bits per heavy atom. The summed E-state index contributed by atoms with van der Waals surface area (Å²) >= 11 is 0.966. The van der Waals surface area contributed by atoms with E-state index in [-0.39, 0.29) is 49.9 Å². The molecule has 0 saturated carbocycles. The molecule has 0 saturated heterocycles. The predicted molar refractivity (Wildman–Crippen MR) is 119 cm³/mol. The third-order valence-corrected chi connectivity index (χ3v) is 5.35. The number of esters is 1. The minimum atomic E-state index is -0.822. The molecule has 0 spiro atoms. The molecule has 11 heteroatoms. The van der Waals surface area contributed by atoms with Crippen molar-refractivity contribution in [2.24, 2.45) is 4.99 Å². The van der Waals surface area contributed by atoms with Crippen LogP contribution in [-0.4, -0.2) is 47.5 Å². The van der Waals surface area contributed by atoms with Crippen LogP contribution in [0, 0.1) is 10.1 Å². The lowest BCUT2D eigenvalue weighted by molar-refractivity contribution is -0.384. The maximum atomic E-state index is 12.3. The minimum absolute atomic E-state index is 0.103. The summed E-state index contributed by atoms with van der Waals surface area (Å²) in [6.45, 7) is 0. The van der Waals surface area contributed by atoms with E-state index in [1.807, 2.05) is 0 Å². The molecule has 1 aliphatic rings. The van der Waals surface area contributed by atoms with E-state index in [0.717, 1.165) is 18.9 Å². The summed E-state index contributed by atoms with van der Waals surface area (Å²) in [4.78, 5) is 27.3. The zero-order chi connectivity index (χ0) is 23.4. The summed E-state index contributed by atoms with van der Waals surface area (Å²) in [5, 5.41) is 32.0. The number of thioether (sulfide) groups is 1. The van der Waals surface area contributed by atoms with Gasteiger partial charge in [0.2, 0.25) is 5.75 Å². The van der Waals surface area contributed by atoms with Crippen LogP contribution in [0.3, 0.4) is 0 Å². The number of aliphatic hydroxyl groups is 1. The molecule has 0 bridgehead atoms. The van der Waals surface area contributed by atoms with Gasteiger partial charge in [-0.15, -0.1) is 0 Å². The van der Waals surface area contributed by atoms with E-state index in [0.29, 0.717) is 5.56 Å². The van der Waals surface area contributed by atoms with Gasteiger partial charge in [0.15, 0.2) is 11.5 Å². The van der Waals surface area contributed by atoms with Crippen molar-refractivity contribution in [3.63, 3.8) is 0 Å². The second kappa shape index (κ2) is 9.43. The highest BCUT2D eigenvalue weighted by atomic mass is 32.2. The van der Waals surface area contributed by atoms with Crippen molar-refractivity contribution < 1.29 is 34.1 Å². The first-order valence-electron chi connectivity index (χ1n) is 8.99. The van der Waals surface area contributed by atoms with Gasteiger partial charge < -0.3 is 24.4 Å². The molecule has 0 unspecified atom stereocenters. The number of carbonyl (C=O) groups excluding carboxylic acids is 1. The zero-order valence-electron chi connectivity index (χ0n) is 17.2. The summed E-state index contributed by atoms with van der Waals surface area (Å²) in [5.41, 5.74) is 0.329. The van der Waals surface area contributed by atoms with Crippen molar-refractivity contribution in [1.29, 1.82) is 0 Å². The first-order valence-corrected chi connectivity index (χ1v) is 9.80. The van der Waals surface area contributed by atoms with E-state index >= 15 is 0 Å². The standard InChI is InChI=1S/C21H18N2O8S/c1-29-15-8-11(7-14(24)19(15)30-2)9-16-18(25)17(21(26)31-3)20(32-16)22-12-5-4-6-13(10-12)23(27)28/h4-10,24-25H,1-3H3/b16-9+,22-20?. The highest BCUT2D eigenvalue weighted by Gasteiger charge is 2.33. The summed E-state index contributed by atoms with van der Waals surface area (Å²) < 4.78 is 15.1. The van der Waals surface area contributed by atoms with Gasteiger partial charge in [0.05, 0.1) is 36.8 Å². The van der Waals surface area contributed by atoms with E-state index < -0.39 is 10.9 Å². The zero-order valence-corrected chi connectivity index (χ0v) is 18.0. The normalized spacial score (nSPS) is 15.8. The van der Waals surface area contributed by atoms with Gasteiger partial charge in [-0.3, -0.25) is 10.1 Å². The van der Waals surface area contributed by atoms with Crippen LogP contribution in [0.5, 0.6) is 17.2 Å². The van der Waals surface area contributed by atoms with Crippen LogP contribution in [-0.2, 0) is 9.53 Å². The van der Waals surface area contributed by atoms with E-state index in [1.54, 1.807) is 6.07 Å². The first kappa shape index (κ1) is 22.7. The molecule has 0 radical (unpaired) electrons. The number of aromatic hydroxyl groups is 1. The van der Waals surface area contributed by atoms with Gasteiger partial charge in [0.1, 0.15) is 16.4 Å². The second-order valence-corrected chi connectivity index (χ2v) is 7.33. The van der Waals surface area contributed by atoms with Gasteiger partial charge in [-0.05, 0) is 29.8 Å². The first-order chi connectivity index (χ1) is 15.3. The number of carbonyl (C=O) groups is 1. The van der Waals surface area contributed by atoms with Crippen molar-refractivity contribution in [2.45, 2.75) is 0 Å². The molecule has 32 heavy (non-hydrogen) atoms. The number of aliphatic imine (C=N–C) groups is 1. The number of rotatable bonds is 6. The Morgan fingerprint density at radius 2 is 1.91 bits per heavy atom. The number of nitro benzene ring substituents is 1. The number of hydrogen-bond donors (Lipinski definition) is 2. The molecule has 0 aromatic heterocycles. The third kappa shape index (κ3) is 4.52. The molecule has 10 nitrogen and oxygen atoms in total. The number of methoxy groups -OCH3 is 3. The average molecular weight is 458 g/mol. The summed E-state index contributed by atoms with van der Waals surface area (Å²) in [5.74, 6) is -0.956. The predicted octanol–water partition coefficient (Wildman–Crippen LogP) is 4.12. The maximum Gasteiger partial charge on any atom is 0.344 e. The Bertz CT molecular complexity index is 1190. The van der Waals surface area contributed by atoms with E-state index in [9.17, 15) is 25.1 Å². The summed E-state index contributed by atoms with van der Waals surface area (Å²) in [6, 6.07) is 8.52. The molecule has 166 valence electrons. The number of nitro groups is 1. The van der Waals surface area contributed by atoms with Crippen LogP contribution in [0.4, 0.5) is 11.4 Å². The fraction of sp³-hybridized carbons (Fsp3) is 0.143. The third-order valence-electron chi connectivity index (χ3n) is 4.33. The highest BCUT2D eigenvalue weighted by Crippen LogP contribution is 2.43. The lowest BCUT2D eigenvalue weighted by Gasteiger charge is -2.10. The van der Waals surface area contributed by atoms with Crippen LogP contribution in [0.2, 0.25) is 0 Å². The van der Waals surface area contributed by atoms with E-state index in [2.05, 4.69) is 4.99 Å². The molecule has 2 aromatic carbocycles. The smallest absolute Gasteiger partial charge is 0.344 e. The molecule has 3 rings (SSSR count). The van der Waals surface area contributed by atoms with Gasteiger partial charge in [-0.1, -0.05) is 17.8 Å². The molecule has 2 aromatic rings. The molecular formula is C21H18N2O8S. The Hall–Kier alpha value is -3.99. The van der Waals surface area contributed by atoms with Gasteiger partial charge in [-0.25, -0.2) is 9.79 Å². The van der Waals surface area contributed by atoms with Crippen LogP contribution in [0.15, 0.2) is 57.6 Å². The molecule has 0 amide bonds. The van der Waals surface area contributed by atoms with Crippen LogP contribution in [0.25, 0.3) is 6.08 Å². The van der Waals surface area contributed by atoms with Gasteiger partial charge in [0.25, 0.3) is 5.69 Å². The van der Waals surface area contributed by atoms with Crippen molar-refractivity contribution in [3.8, 4) is 17.2 Å². The number of benzene rings is 2. The summed E-state index contributed by atoms with van der Waals surface area (Å²) in [6.07, 6.45) is 1.51.